The summed E-state index contributed by atoms with van der Waals surface area (Å²) in [5.74, 6) is 0.985. The summed E-state index contributed by atoms with van der Waals surface area (Å²) in [6.07, 6.45) is 0.948. The predicted molar refractivity (Wildman–Crippen MR) is 75.5 cm³/mol. The molecule has 0 fully saturated rings. The summed E-state index contributed by atoms with van der Waals surface area (Å²) in [6, 6.07) is 5.99. The Balaban J connectivity index is 2.79. The van der Waals surface area contributed by atoms with Crippen molar-refractivity contribution in [3.63, 3.8) is 0 Å². The summed E-state index contributed by atoms with van der Waals surface area (Å²) in [5, 5.41) is 0.618. The second-order valence-electron chi connectivity index (χ2n) is 4.39. The van der Waals surface area contributed by atoms with Gasteiger partial charge in [-0.05, 0) is 30.0 Å². The molecule has 18 heavy (non-hydrogen) atoms. The van der Waals surface area contributed by atoms with Crippen LogP contribution in [-0.2, 0) is 4.74 Å². The topological polar surface area (TPSA) is 44.5 Å². The molecule has 0 radical (unpaired) electrons. The number of rotatable bonds is 7. The second-order valence-corrected chi connectivity index (χ2v) is 4.80. The van der Waals surface area contributed by atoms with Crippen molar-refractivity contribution in [2.75, 3.05) is 20.3 Å². The monoisotopic (exact) mass is 271 g/mol. The van der Waals surface area contributed by atoms with Crippen molar-refractivity contribution in [2.24, 2.45) is 5.73 Å². The zero-order valence-electron chi connectivity index (χ0n) is 11.3. The maximum absolute atomic E-state index is 6.10. The number of methoxy groups -OCH3 is 1. The smallest absolute Gasteiger partial charge is 0.138 e. The van der Waals surface area contributed by atoms with Crippen LogP contribution in [0.25, 0.3) is 0 Å². The first-order chi connectivity index (χ1) is 8.60. The summed E-state index contributed by atoms with van der Waals surface area (Å²) >= 11 is 6.10. The molecule has 0 saturated heterocycles. The molecule has 0 heterocycles. The molecule has 3 nitrogen and oxygen atoms in total. The average molecular weight is 272 g/mol. The zero-order chi connectivity index (χ0) is 13.5. The quantitative estimate of drug-likeness (QED) is 0.775. The van der Waals surface area contributed by atoms with Crippen LogP contribution in [0.2, 0.25) is 5.02 Å². The lowest BCUT2D eigenvalue weighted by Crippen LogP contribution is -2.25. The second kappa shape index (κ2) is 7.62. The van der Waals surface area contributed by atoms with Gasteiger partial charge in [0.25, 0.3) is 0 Å². The molecule has 0 spiro atoms. The summed E-state index contributed by atoms with van der Waals surface area (Å²) in [4.78, 5) is 0. The lowest BCUT2D eigenvalue weighted by atomic mass is 9.92. The minimum Gasteiger partial charge on any atom is -0.490 e. The summed E-state index contributed by atoms with van der Waals surface area (Å²) in [5.41, 5.74) is 7.22. The van der Waals surface area contributed by atoms with E-state index in [0.717, 1.165) is 12.0 Å². The molecular weight excluding hydrogens is 250 g/mol. The Hall–Kier alpha value is -0.770. The van der Waals surface area contributed by atoms with E-state index < -0.39 is 0 Å². The molecule has 1 aromatic carbocycles. The molecule has 1 rings (SSSR count). The fourth-order valence-electron chi connectivity index (χ4n) is 1.75. The third kappa shape index (κ3) is 4.16. The van der Waals surface area contributed by atoms with Gasteiger partial charge in [0.15, 0.2) is 0 Å². The lowest BCUT2D eigenvalue weighted by molar-refractivity contribution is 0.146. The molecule has 0 aliphatic carbocycles. The van der Waals surface area contributed by atoms with Crippen LogP contribution in [0.4, 0.5) is 0 Å². The van der Waals surface area contributed by atoms with E-state index >= 15 is 0 Å². The van der Waals surface area contributed by atoms with Crippen molar-refractivity contribution in [2.45, 2.75) is 32.2 Å². The molecule has 0 aliphatic heterocycles. The van der Waals surface area contributed by atoms with E-state index in [0.29, 0.717) is 24.0 Å². The van der Waals surface area contributed by atoms with Gasteiger partial charge in [0.2, 0.25) is 0 Å². The van der Waals surface area contributed by atoms with Crippen LogP contribution in [0.5, 0.6) is 5.75 Å². The van der Waals surface area contributed by atoms with Crippen molar-refractivity contribution in [3.8, 4) is 5.75 Å². The molecule has 1 aromatic rings. The Kier molecular flexibility index (Phi) is 6.47. The van der Waals surface area contributed by atoms with Crippen LogP contribution < -0.4 is 10.5 Å². The largest absolute Gasteiger partial charge is 0.490 e. The molecule has 0 amide bonds. The van der Waals surface area contributed by atoms with E-state index in [1.165, 1.54) is 0 Å². The van der Waals surface area contributed by atoms with E-state index in [9.17, 15) is 0 Å². The molecule has 0 aromatic heterocycles. The Morgan fingerprint density at radius 1 is 1.33 bits per heavy atom. The highest BCUT2D eigenvalue weighted by atomic mass is 35.5. The number of nitrogens with two attached hydrogens (primary N) is 1. The van der Waals surface area contributed by atoms with E-state index in [4.69, 9.17) is 26.8 Å². The van der Waals surface area contributed by atoms with Crippen molar-refractivity contribution in [1.82, 2.24) is 0 Å². The van der Waals surface area contributed by atoms with E-state index in [2.05, 4.69) is 13.8 Å². The minimum absolute atomic E-state index is 0.151. The van der Waals surface area contributed by atoms with Crippen molar-refractivity contribution >= 4 is 11.6 Å². The number of hydrogen-bond donors (Lipinski definition) is 1. The van der Waals surface area contributed by atoms with E-state index in [1.54, 1.807) is 7.11 Å². The maximum Gasteiger partial charge on any atom is 0.138 e. The summed E-state index contributed by atoms with van der Waals surface area (Å²) in [7, 11) is 1.64. The molecule has 0 aliphatic rings. The highest BCUT2D eigenvalue weighted by Crippen LogP contribution is 2.30. The van der Waals surface area contributed by atoms with Gasteiger partial charge < -0.3 is 15.2 Å². The number of hydrogen-bond acceptors (Lipinski definition) is 3. The Labute approximate surface area is 114 Å². The first-order valence-electron chi connectivity index (χ1n) is 6.26. The number of ether oxygens (including phenoxy) is 2. The zero-order valence-corrected chi connectivity index (χ0v) is 12.0. The Bertz CT molecular complexity index is 371. The van der Waals surface area contributed by atoms with E-state index in [-0.39, 0.29) is 12.0 Å². The van der Waals surface area contributed by atoms with Crippen molar-refractivity contribution < 1.29 is 9.47 Å². The van der Waals surface area contributed by atoms with Crippen molar-refractivity contribution in [3.05, 3.63) is 28.8 Å². The van der Waals surface area contributed by atoms with Crippen LogP contribution in [-0.4, -0.2) is 26.4 Å². The molecule has 2 N–H and O–H groups in total. The molecule has 0 unspecified atom stereocenters. The third-order valence-corrected chi connectivity index (χ3v) is 3.45. The van der Waals surface area contributed by atoms with Gasteiger partial charge in [0.05, 0.1) is 11.6 Å². The van der Waals surface area contributed by atoms with Gasteiger partial charge in [-0.1, -0.05) is 31.5 Å². The average Bonchev–Trinajstić information content (AvgIpc) is 2.39. The first kappa shape index (κ1) is 15.3. The summed E-state index contributed by atoms with van der Waals surface area (Å²) < 4.78 is 10.5. The molecule has 0 saturated carbocycles. The number of benzene rings is 1. The molecule has 4 heteroatoms. The van der Waals surface area contributed by atoms with Gasteiger partial charge in [-0.2, -0.15) is 0 Å². The number of halogens is 1. The molecule has 0 bridgehead atoms. The standard InChI is InChI=1S/C14H22ClNO2/c1-4-13(16)10(2)11-5-6-12(15)14(9-11)18-8-7-17-3/h5-6,9-10,13H,4,7-8,16H2,1-3H3/t10-,13-/m1/s1. The maximum atomic E-state index is 6.10. The van der Waals surface area contributed by atoms with Gasteiger partial charge in [-0.15, -0.1) is 0 Å². The van der Waals surface area contributed by atoms with Crippen LogP contribution in [0.1, 0.15) is 31.7 Å². The van der Waals surface area contributed by atoms with Crippen LogP contribution in [0, 0.1) is 0 Å². The highest BCUT2D eigenvalue weighted by molar-refractivity contribution is 6.32. The summed E-state index contributed by atoms with van der Waals surface area (Å²) in [6.45, 7) is 5.25. The molecular formula is C14H22ClNO2. The SMILES string of the molecule is CC[C@@H](N)[C@H](C)c1ccc(Cl)c(OCCOC)c1. The van der Waals surface area contributed by atoms with Gasteiger partial charge >= 0.3 is 0 Å². The first-order valence-corrected chi connectivity index (χ1v) is 6.64. The van der Waals surface area contributed by atoms with E-state index in [1.807, 2.05) is 18.2 Å². The minimum atomic E-state index is 0.151. The highest BCUT2D eigenvalue weighted by Gasteiger charge is 2.14. The van der Waals surface area contributed by atoms with Gasteiger partial charge in [0, 0.05) is 13.2 Å². The third-order valence-electron chi connectivity index (χ3n) is 3.14. The Morgan fingerprint density at radius 2 is 2.06 bits per heavy atom. The fourth-order valence-corrected chi connectivity index (χ4v) is 1.92. The van der Waals surface area contributed by atoms with Gasteiger partial charge in [-0.3, -0.25) is 0 Å². The lowest BCUT2D eigenvalue weighted by Gasteiger charge is -2.20. The Morgan fingerprint density at radius 3 is 2.67 bits per heavy atom. The predicted octanol–water partition coefficient (Wildman–Crippen LogP) is 3.21. The van der Waals surface area contributed by atoms with Crippen LogP contribution in [0.3, 0.4) is 0 Å². The van der Waals surface area contributed by atoms with Crippen LogP contribution in [0.15, 0.2) is 18.2 Å². The van der Waals surface area contributed by atoms with Crippen molar-refractivity contribution in [1.29, 1.82) is 0 Å². The van der Waals surface area contributed by atoms with Crippen LogP contribution >= 0.6 is 11.6 Å². The molecule has 2 atom stereocenters. The normalized spacial score (nSPS) is 14.3. The molecule has 102 valence electrons. The van der Waals surface area contributed by atoms with Gasteiger partial charge in [-0.25, -0.2) is 0 Å². The van der Waals surface area contributed by atoms with Gasteiger partial charge in [0.1, 0.15) is 12.4 Å². The fraction of sp³-hybridized carbons (Fsp3) is 0.571.